The minimum absolute atomic E-state index is 0.108. The van der Waals surface area contributed by atoms with Crippen molar-refractivity contribution in [2.24, 2.45) is 0 Å². The van der Waals surface area contributed by atoms with Crippen LogP contribution in [0.4, 0.5) is 0 Å². The molecule has 2 heterocycles. The predicted octanol–water partition coefficient (Wildman–Crippen LogP) is 2.33. The van der Waals surface area contributed by atoms with Crippen molar-refractivity contribution in [1.29, 1.82) is 0 Å². The first-order valence-electron chi connectivity index (χ1n) is 5.96. The minimum atomic E-state index is -1.03. The maximum absolute atomic E-state index is 10.8. The smallest absolute Gasteiger partial charge is 0.338 e. The summed E-state index contributed by atoms with van der Waals surface area (Å²) < 4.78 is 6.59. The molecule has 106 valence electrons. The van der Waals surface area contributed by atoms with E-state index in [1.54, 1.807) is 24.3 Å². The van der Waals surface area contributed by atoms with Gasteiger partial charge in [-0.15, -0.1) is 0 Å². The van der Waals surface area contributed by atoms with E-state index >= 15 is 0 Å². The summed E-state index contributed by atoms with van der Waals surface area (Å²) in [5.74, 6) is -0.261. The zero-order valence-corrected chi connectivity index (χ0v) is 11.4. The third-order valence-corrected chi connectivity index (χ3v) is 2.99. The van der Waals surface area contributed by atoms with Crippen LogP contribution < -0.4 is 0 Å². The largest absolute Gasteiger partial charge is 0.478 e. The van der Waals surface area contributed by atoms with Gasteiger partial charge in [0.2, 0.25) is 0 Å². The topological polar surface area (TPSA) is 94.0 Å². The Morgan fingerprint density at radius 3 is 2.76 bits per heavy atom. The monoisotopic (exact) mass is 304 g/mol. The van der Waals surface area contributed by atoms with Crippen molar-refractivity contribution in [3.8, 4) is 11.5 Å². The van der Waals surface area contributed by atoms with Gasteiger partial charge in [-0.1, -0.05) is 16.8 Å². The Morgan fingerprint density at radius 1 is 1.33 bits per heavy atom. The number of carbonyl (C=O) groups is 1. The lowest BCUT2D eigenvalue weighted by molar-refractivity contribution is 0.0697. The van der Waals surface area contributed by atoms with E-state index in [1.807, 2.05) is 0 Å². The third kappa shape index (κ3) is 2.92. The number of halogens is 1. The second-order valence-corrected chi connectivity index (χ2v) is 4.69. The Morgan fingerprint density at radius 2 is 2.10 bits per heavy atom. The standard InChI is InChI=1S/C13H9ClN4O3/c14-10-3-1-8(2-4-10)12-16-11(17-21-12)7-18-6-9(5-15-18)13(19)20/h1-6H,7H2,(H,19,20). The molecule has 0 radical (unpaired) electrons. The molecule has 8 heteroatoms. The first kappa shape index (κ1) is 13.3. The van der Waals surface area contributed by atoms with E-state index in [9.17, 15) is 4.79 Å². The summed E-state index contributed by atoms with van der Waals surface area (Å²) >= 11 is 5.81. The molecule has 0 bridgehead atoms. The van der Waals surface area contributed by atoms with E-state index in [0.717, 1.165) is 5.56 Å². The number of rotatable bonds is 4. The summed E-state index contributed by atoms with van der Waals surface area (Å²) in [5, 5.41) is 17.2. The van der Waals surface area contributed by atoms with Gasteiger partial charge in [0, 0.05) is 16.8 Å². The lowest BCUT2D eigenvalue weighted by atomic mass is 10.2. The van der Waals surface area contributed by atoms with E-state index in [0.29, 0.717) is 16.7 Å². The Hall–Kier alpha value is -2.67. The van der Waals surface area contributed by atoms with Crippen molar-refractivity contribution in [1.82, 2.24) is 19.9 Å². The van der Waals surface area contributed by atoms with Gasteiger partial charge in [0.1, 0.15) is 6.54 Å². The van der Waals surface area contributed by atoms with Crippen LogP contribution in [-0.2, 0) is 6.54 Å². The number of carboxylic acids is 1. The van der Waals surface area contributed by atoms with Crippen molar-refractivity contribution in [3.05, 3.63) is 53.1 Å². The van der Waals surface area contributed by atoms with Crippen molar-refractivity contribution >= 4 is 17.6 Å². The Labute approximate surface area is 123 Å². The average Bonchev–Trinajstić information content (AvgIpc) is 3.10. The van der Waals surface area contributed by atoms with Crippen LogP contribution in [0.15, 0.2) is 41.2 Å². The van der Waals surface area contributed by atoms with Crippen molar-refractivity contribution in [3.63, 3.8) is 0 Å². The van der Waals surface area contributed by atoms with Crippen molar-refractivity contribution in [2.45, 2.75) is 6.54 Å². The Bertz CT molecular complexity index is 779. The molecule has 0 saturated heterocycles. The molecule has 0 aliphatic heterocycles. The molecule has 0 spiro atoms. The van der Waals surface area contributed by atoms with Crippen LogP contribution in [0.2, 0.25) is 5.02 Å². The second kappa shape index (κ2) is 5.37. The molecule has 0 aliphatic carbocycles. The maximum Gasteiger partial charge on any atom is 0.338 e. The van der Waals surface area contributed by atoms with Gasteiger partial charge in [-0.2, -0.15) is 10.1 Å². The fraction of sp³-hybridized carbons (Fsp3) is 0.0769. The lowest BCUT2D eigenvalue weighted by Gasteiger charge is -1.94. The molecule has 0 fully saturated rings. The molecule has 1 N–H and O–H groups in total. The molecule has 2 aromatic heterocycles. The zero-order chi connectivity index (χ0) is 14.8. The summed E-state index contributed by atoms with van der Waals surface area (Å²) in [5.41, 5.74) is 0.862. The molecule has 0 unspecified atom stereocenters. The quantitative estimate of drug-likeness (QED) is 0.795. The van der Waals surface area contributed by atoms with E-state index in [-0.39, 0.29) is 12.1 Å². The van der Waals surface area contributed by atoms with Crippen LogP contribution in [0.3, 0.4) is 0 Å². The normalized spacial score (nSPS) is 10.7. The average molecular weight is 305 g/mol. The number of nitrogens with zero attached hydrogens (tertiary/aromatic N) is 4. The number of aromatic nitrogens is 4. The highest BCUT2D eigenvalue weighted by Crippen LogP contribution is 2.19. The predicted molar refractivity (Wildman–Crippen MR) is 73.0 cm³/mol. The molecule has 7 nitrogen and oxygen atoms in total. The molecular formula is C13H9ClN4O3. The summed E-state index contributed by atoms with van der Waals surface area (Å²) in [6.07, 6.45) is 2.67. The highest BCUT2D eigenvalue weighted by molar-refractivity contribution is 6.30. The van der Waals surface area contributed by atoms with Gasteiger partial charge >= 0.3 is 5.97 Å². The van der Waals surface area contributed by atoms with Crippen LogP contribution in [0.5, 0.6) is 0 Å². The molecule has 0 saturated carbocycles. The number of hydrogen-bond donors (Lipinski definition) is 1. The van der Waals surface area contributed by atoms with Gasteiger partial charge in [-0.3, -0.25) is 4.68 Å². The van der Waals surface area contributed by atoms with Crippen LogP contribution >= 0.6 is 11.6 Å². The van der Waals surface area contributed by atoms with Crippen LogP contribution in [0, 0.1) is 0 Å². The molecule has 3 aromatic rings. The van der Waals surface area contributed by atoms with Crippen LogP contribution in [0.25, 0.3) is 11.5 Å². The number of hydrogen-bond acceptors (Lipinski definition) is 5. The third-order valence-electron chi connectivity index (χ3n) is 2.74. The van der Waals surface area contributed by atoms with Crippen LogP contribution in [-0.4, -0.2) is 31.0 Å². The first-order chi connectivity index (χ1) is 10.1. The van der Waals surface area contributed by atoms with Crippen molar-refractivity contribution < 1.29 is 14.4 Å². The van der Waals surface area contributed by atoms with Crippen molar-refractivity contribution in [2.75, 3.05) is 0 Å². The van der Waals surface area contributed by atoms with Gasteiger partial charge in [-0.25, -0.2) is 4.79 Å². The zero-order valence-electron chi connectivity index (χ0n) is 10.6. The Balaban J connectivity index is 1.78. The van der Waals surface area contributed by atoms with Gasteiger partial charge < -0.3 is 9.63 Å². The Kier molecular flexibility index (Phi) is 3.41. The molecule has 21 heavy (non-hydrogen) atoms. The van der Waals surface area contributed by atoms with E-state index in [2.05, 4.69) is 15.2 Å². The SMILES string of the molecule is O=C(O)c1cnn(Cc2noc(-c3ccc(Cl)cc3)n2)c1. The highest BCUT2D eigenvalue weighted by atomic mass is 35.5. The number of aromatic carboxylic acids is 1. The fourth-order valence-corrected chi connectivity index (χ4v) is 1.86. The molecule has 0 atom stereocenters. The van der Waals surface area contributed by atoms with Gasteiger partial charge in [0.05, 0.1) is 11.8 Å². The molecule has 0 amide bonds. The second-order valence-electron chi connectivity index (χ2n) is 4.25. The van der Waals surface area contributed by atoms with E-state index in [4.69, 9.17) is 21.2 Å². The van der Waals surface area contributed by atoms with Gasteiger partial charge in [-0.05, 0) is 24.3 Å². The van der Waals surface area contributed by atoms with E-state index in [1.165, 1.54) is 17.1 Å². The van der Waals surface area contributed by atoms with E-state index < -0.39 is 5.97 Å². The molecular weight excluding hydrogens is 296 g/mol. The summed E-state index contributed by atoms with van der Waals surface area (Å²) in [6.45, 7) is 0.227. The molecule has 3 rings (SSSR count). The summed E-state index contributed by atoms with van der Waals surface area (Å²) in [7, 11) is 0. The number of carboxylic acid groups (broad SMARTS) is 1. The fourth-order valence-electron chi connectivity index (χ4n) is 1.73. The van der Waals surface area contributed by atoms with Gasteiger partial charge in [0.25, 0.3) is 5.89 Å². The lowest BCUT2D eigenvalue weighted by Crippen LogP contribution is -2.02. The van der Waals surface area contributed by atoms with Gasteiger partial charge in [0.15, 0.2) is 5.82 Å². The number of benzene rings is 1. The summed E-state index contributed by atoms with van der Waals surface area (Å²) in [6, 6.07) is 7.01. The summed E-state index contributed by atoms with van der Waals surface area (Å²) in [4.78, 5) is 15.0. The first-order valence-corrected chi connectivity index (χ1v) is 6.34. The molecule has 0 aliphatic rings. The highest BCUT2D eigenvalue weighted by Gasteiger charge is 2.11. The molecule has 1 aromatic carbocycles. The minimum Gasteiger partial charge on any atom is -0.478 e. The maximum atomic E-state index is 10.8. The van der Waals surface area contributed by atoms with Crippen LogP contribution in [0.1, 0.15) is 16.2 Å².